The number of benzene rings is 2. The highest BCUT2D eigenvalue weighted by Gasteiger charge is 2.11. The van der Waals surface area contributed by atoms with Crippen LogP contribution in [-0.4, -0.2) is 49.6 Å². The highest BCUT2D eigenvalue weighted by Crippen LogP contribution is 2.33. The van der Waals surface area contributed by atoms with E-state index in [-0.39, 0.29) is 6.03 Å². The normalized spacial score (nSPS) is 10.6. The van der Waals surface area contributed by atoms with E-state index in [2.05, 4.69) is 30.9 Å². The van der Waals surface area contributed by atoms with Gasteiger partial charge in [-0.05, 0) is 18.2 Å². The van der Waals surface area contributed by atoms with Gasteiger partial charge in [-0.1, -0.05) is 17.6 Å². The third-order valence-electron chi connectivity index (χ3n) is 4.85. The summed E-state index contributed by atoms with van der Waals surface area (Å²) in [4.78, 5) is 26.2. The molecule has 33 heavy (non-hydrogen) atoms. The van der Waals surface area contributed by atoms with Crippen molar-refractivity contribution in [3.05, 3.63) is 53.8 Å². The molecule has 2 aromatic heterocycles. The van der Waals surface area contributed by atoms with E-state index in [4.69, 9.17) is 9.47 Å². The second-order valence-corrected chi connectivity index (χ2v) is 8.32. The van der Waals surface area contributed by atoms with Crippen LogP contribution in [0.15, 0.2) is 48.9 Å². The molecule has 0 fully saturated rings. The van der Waals surface area contributed by atoms with Gasteiger partial charge in [0.2, 0.25) is 0 Å². The van der Waals surface area contributed by atoms with Gasteiger partial charge in [-0.3, -0.25) is 5.32 Å². The molecule has 168 valence electrons. The Morgan fingerprint density at radius 1 is 1.06 bits per heavy atom. The lowest BCUT2D eigenvalue weighted by Crippen LogP contribution is -2.20. The summed E-state index contributed by atoms with van der Waals surface area (Å²) < 4.78 is 10.7. The number of carbonyl (C=O) groups is 1. The minimum Gasteiger partial charge on any atom is -0.493 e. The Hall–Kier alpha value is -3.86. The van der Waals surface area contributed by atoms with Gasteiger partial charge in [-0.2, -0.15) is 0 Å². The van der Waals surface area contributed by atoms with Crippen LogP contribution in [0.2, 0.25) is 0 Å². The molecule has 0 atom stereocenters. The van der Waals surface area contributed by atoms with Crippen molar-refractivity contribution >= 4 is 58.2 Å². The summed E-state index contributed by atoms with van der Waals surface area (Å²) >= 11 is 1.43. The van der Waals surface area contributed by atoms with Crippen LogP contribution in [0.5, 0.6) is 11.5 Å². The Balaban J connectivity index is 1.35. The molecule has 2 aromatic carbocycles. The van der Waals surface area contributed by atoms with Gasteiger partial charge in [0, 0.05) is 41.2 Å². The first-order valence-electron chi connectivity index (χ1n) is 10.3. The summed E-state index contributed by atoms with van der Waals surface area (Å²) in [6.45, 7) is 0.636. The van der Waals surface area contributed by atoms with Gasteiger partial charge in [-0.25, -0.2) is 19.7 Å². The molecule has 0 unspecified atom stereocenters. The highest BCUT2D eigenvalue weighted by atomic mass is 32.1. The Kier molecular flexibility index (Phi) is 6.89. The van der Waals surface area contributed by atoms with Gasteiger partial charge in [0.15, 0.2) is 16.6 Å². The lowest BCUT2D eigenvalue weighted by atomic mass is 9.96. The number of aromatic nitrogens is 3. The molecular weight excluding hydrogens is 439 g/mol. The largest absolute Gasteiger partial charge is 0.493 e. The monoisotopic (exact) mass is 462 g/mol. The minimum atomic E-state index is -0.323. The van der Waals surface area contributed by atoms with Crippen LogP contribution in [-0.2, 0) is 6.42 Å². The Bertz CT molecular complexity index is 1280. The zero-order valence-corrected chi connectivity index (χ0v) is 19.3. The predicted octanol–water partition coefficient (Wildman–Crippen LogP) is 2.66. The molecule has 0 saturated carbocycles. The molecule has 3 N–H and O–H groups in total. The van der Waals surface area contributed by atoms with E-state index < -0.39 is 0 Å². The van der Waals surface area contributed by atoms with Gasteiger partial charge in [0.1, 0.15) is 20.0 Å². The molecule has 4 rings (SSSR count). The molecule has 0 bridgehead atoms. The molecule has 2 heterocycles. The van der Waals surface area contributed by atoms with Gasteiger partial charge in [0.25, 0.3) is 0 Å². The smallest absolute Gasteiger partial charge is 0.325 e. The number of carbonyl (C=O) groups excluding carboxylic acids is 1. The van der Waals surface area contributed by atoms with Crippen LogP contribution in [0, 0.1) is 0 Å². The van der Waals surface area contributed by atoms with Gasteiger partial charge >= 0.3 is 6.03 Å². The van der Waals surface area contributed by atoms with Crippen molar-refractivity contribution in [3.8, 4) is 11.5 Å². The highest BCUT2D eigenvalue weighted by molar-refractivity contribution is 7.15. The van der Waals surface area contributed by atoms with Gasteiger partial charge in [-0.15, -0.1) is 11.3 Å². The van der Waals surface area contributed by atoms with E-state index in [1.54, 1.807) is 20.4 Å². The zero-order chi connectivity index (χ0) is 23.2. The third-order valence-corrected chi connectivity index (χ3v) is 5.83. The number of fused-ring (bicyclic) bond motifs is 1. The molecule has 9 nitrogen and oxygen atoms in total. The average Bonchev–Trinajstić information content (AvgIpc) is 3.25. The lowest BCUT2D eigenvalue weighted by Gasteiger charge is -2.11. The Labute approximate surface area is 196 Å². The van der Waals surface area contributed by atoms with Crippen molar-refractivity contribution in [2.45, 2.75) is 6.42 Å². The summed E-state index contributed by atoms with van der Waals surface area (Å²) in [5, 5.41) is 10.3. The molecular formula is C22H23BN6O3S. The first-order chi connectivity index (χ1) is 16.1. The predicted molar refractivity (Wildman–Crippen MR) is 134 cm³/mol. The van der Waals surface area contributed by atoms with E-state index in [1.807, 2.05) is 44.2 Å². The SMILES string of the molecule is Bc1cccc(NC(=O)Nc2ncc(CCNc3ncnc4cc(OC)c(OC)cc34)s2)c1. The fourth-order valence-corrected chi connectivity index (χ4v) is 4.10. The molecule has 0 aliphatic heterocycles. The standard InChI is InChI=1S/C22H23BN6O3S/c1-31-18-9-16-17(10-19(18)32-2)26-12-27-20(16)24-7-6-15-11-25-22(33-15)29-21(30)28-14-5-3-4-13(23)8-14/h3-5,8-12H,6-7,23H2,1-2H3,(H,24,26,27)(H2,25,28,29,30). The topological polar surface area (TPSA) is 110 Å². The van der Waals surface area contributed by atoms with Crippen LogP contribution >= 0.6 is 11.3 Å². The number of urea groups is 1. The second-order valence-electron chi connectivity index (χ2n) is 7.20. The molecule has 0 saturated heterocycles. The summed E-state index contributed by atoms with van der Waals surface area (Å²) in [7, 11) is 5.16. The number of ether oxygens (including phenoxy) is 2. The Morgan fingerprint density at radius 3 is 2.67 bits per heavy atom. The fraction of sp³-hybridized carbons (Fsp3) is 0.182. The van der Waals surface area contributed by atoms with Crippen LogP contribution in [0.4, 0.5) is 21.4 Å². The van der Waals surface area contributed by atoms with E-state index in [1.165, 1.54) is 17.7 Å². The number of hydrogen-bond acceptors (Lipinski definition) is 8. The molecule has 2 amide bonds. The quantitative estimate of drug-likeness (QED) is 0.346. The second kappa shape index (κ2) is 10.2. The number of amides is 2. The molecule has 0 aliphatic rings. The first-order valence-corrected chi connectivity index (χ1v) is 11.1. The fourth-order valence-electron chi connectivity index (χ4n) is 3.29. The number of rotatable bonds is 8. The van der Waals surface area contributed by atoms with Crippen LogP contribution < -0.4 is 30.9 Å². The minimum absolute atomic E-state index is 0.323. The van der Waals surface area contributed by atoms with Gasteiger partial charge in [0.05, 0.1) is 19.7 Å². The number of hydrogen-bond donors (Lipinski definition) is 3. The van der Waals surface area contributed by atoms with Crippen LogP contribution in [0.25, 0.3) is 10.9 Å². The Morgan fingerprint density at radius 2 is 1.88 bits per heavy atom. The van der Waals surface area contributed by atoms with Crippen LogP contribution in [0.1, 0.15) is 4.88 Å². The van der Waals surface area contributed by atoms with E-state index in [0.29, 0.717) is 29.0 Å². The van der Waals surface area contributed by atoms with E-state index in [9.17, 15) is 4.79 Å². The van der Waals surface area contributed by atoms with E-state index >= 15 is 0 Å². The summed E-state index contributed by atoms with van der Waals surface area (Å²) in [6, 6.07) is 11.0. The maximum Gasteiger partial charge on any atom is 0.325 e. The van der Waals surface area contributed by atoms with E-state index in [0.717, 1.165) is 33.4 Å². The number of nitrogens with one attached hydrogen (secondary N) is 3. The lowest BCUT2D eigenvalue weighted by molar-refractivity contribution is 0.262. The van der Waals surface area contributed by atoms with Crippen molar-refractivity contribution in [3.63, 3.8) is 0 Å². The van der Waals surface area contributed by atoms with Crippen molar-refractivity contribution in [2.75, 3.05) is 36.7 Å². The molecule has 0 aliphatic carbocycles. The average molecular weight is 462 g/mol. The summed E-state index contributed by atoms with van der Waals surface area (Å²) in [5.41, 5.74) is 2.57. The number of nitrogens with zero attached hydrogens (tertiary/aromatic N) is 3. The molecule has 0 spiro atoms. The van der Waals surface area contributed by atoms with Crippen LogP contribution in [0.3, 0.4) is 0 Å². The van der Waals surface area contributed by atoms with Gasteiger partial charge < -0.3 is 20.1 Å². The molecule has 0 radical (unpaired) electrons. The summed E-state index contributed by atoms with van der Waals surface area (Å²) in [6.07, 6.45) is 4.00. The number of anilines is 3. The third kappa shape index (κ3) is 5.50. The zero-order valence-electron chi connectivity index (χ0n) is 18.5. The maximum atomic E-state index is 12.2. The number of methoxy groups -OCH3 is 2. The van der Waals surface area contributed by atoms with Crippen molar-refractivity contribution in [1.82, 2.24) is 15.0 Å². The van der Waals surface area contributed by atoms with Crippen molar-refractivity contribution in [1.29, 1.82) is 0 Å². The van der Waals surface area contributed by atoms with Crippen molar-refractivity contribution in [2.24, 2.45) is 0 Å². The molecule has 4 aromatic rings. The molecule has 11 heteroatoms. The number of thiazole rings is 1. The summed E-state index contributed by atoms with van der Waals surface area (Å²) in [5.74, 6) is 1.94. The van der Waals surface area contributed by atoms with Crippen molar-refractivity contribution < 1.29 is 14.3 Å². The maximum absolute atomic E-state index is 12.2. The first kappa shape index (κ1) is 22.3.